The molecule has 0 spiro atoms. The number of benzene rings is 1. The van der Waals surface area contributed by atoms with Crippen LogP contribution in [0.25, 0.3) is 0 Å². The van der Waals surface area contributed by atoms with Crippen LogP contribution in [-0.4, -0.2) is 46.5 Å². The summed E-state index contributed by atoms with van der Waals surface area (Å²) in [6.07, 6.45) is 4.46. The second kappa shape index (κ2) is 9.32. The van der Waals surface area contributed by atoms with Gasteiger partial charge in [0.2, 0.25) is 0 Å². The van der Waals surface area contributed by atoms with Gasteiger partial charge < -0.3 is 19.5 Å². The quantitative estimate of drug-likeness (QED) is 0.679. The van der Waals surface area contributed by atoms with Gasteiger partial charge >= 0.3 is 6.36 Å². The molecule has 0 bridgehead atoms. The number of ether oxygens (including phenoxy) is 1. The summed E-state index contributed by atoms with van der Waals surface area (Å²) >= 11 is 0. The van der Waals surface area contributed by atoms with Crippen molar-refractivity contribution in [3.63, 3.8) is 0 Å². The SMILES string of the molecule is Cn1cnc(CCCCN2CCC(Nc3cccc(OC(F)(F)F)c3)CC2)c1. The zero-order chi connectivity index (χ0) is 20.0. The number of halogens is 3. The first-order valence-corrected chi connectivity index (χ1v) is 9.69. The van der Waals surface area contributed by atoms with Crippen molar-refractivity contribution in [1.29, 1.82) is 0 Å². The number of alkyl halides is 3. The lowest BCUT2D eigenvalue weighted by molar-refractivity contribution is -0.274. The van der Waals surface area contributed by atoms with Crippen LogP contribution in [0.4, 0.5) is 18.9 Å². The van der Waals surface area contributed by atoms with Crippen molar-refractivity contribution in [2.75, 3.05) is 25.0 Å². The van der Waals surface area contributed by atoms with E-state index in [1.54, 1.807) is 12.1 Å². The first kappa shape index (κ1) is 20.5. The first-order chi connectivity index (χ1) is 13.4. The molecule has 0 amide bonds. The second-order valence-electron chi connectivity index (χ2n) is 7.32. The Morgan fingerprint density at radius 1 is 1.21 bits per heavy atom. The van der Waals surface area contributed by atoms with Crippen molar-refractivity contribution in [3.8, 4) is 5.75 Å². The van der Waals surface area contributed by atoms with Crippen LogP contribution in [0.15, 0.2) is 36.8 Å². The lowest BCUT2D eigenvalue weighted by Gasteiger charge is -2.33. The fraction of sp³-hybridized carbons (Fsp3) is 0.550. The molecule has 1 aromatic carbocycles. The van der Waals surface area contributed by atoms with E-state index in [0.29, 0.717) is 5.69 Å². The third kappa shape index (κ3) is 6.74. The number of unbranched alkanes of at least 4 members (excludes halogenated alkanes) is 1. The van der Waals surface area contributed by atoms with Crippen molar-refractivity contribution in [1.82, 2.24) is 14.5 Å². The molecule has 0 atom stereocenters. The normalized spacial score (nSPS) is 16.3. The maximum absolute atomic E-state index is 12.3. The molecule has 1 aliphatic heterocycles. The molecule has 1 N–H and O–H groups in total. The third-order valence-corrected chi connectivity index (χ3v) is 4.94. The molecule has 2 aromatic rings. The number of hydrogen-bond donors (Lipinski definition) is 1. The van der Waals surface area contributed by atoms with Gasteiger partial charge in [-0.2, -0.15) is 0 Å². The molecule has 0 saturated carbocycles. The minimum Gasteiger partial charge on any atom is -0.406 e. The van der Waals surface area contributed by atoms with Crippen LogP contribution in [0.3, 0.4) is 0 Å². The largest absolute Gasteiger partial charge is 0.573 e. The minimum atomic E-state index is -4.67. The van der Waals surface area contributed by atoms with E-state index in [-0.39, 0.29) is 11.8 Å². The third-order valence-electron chi connectivity index (χ3n) is 4.94. The number of rotatable bonds is 8. The molecule has 1 saturated heterocycles. The Hall–Kier alpha value is -2.22. The molecular weight excluding hydrogens is 369 g/mol. The first-order valence-electron chi connectivity index (χ1n) is 9.69. The van der Waals surface area contributed by atoms with Crippen LogP contribution in [0, 0.1) is 0 Å². The average molecular weight is 396 g/mol. The number of imidazole rings is 1. The number of anilines is 1. The van der Waals surface area contributed by atoms with Crippen LogP contribution in [-0.2, 0) is 13.5 Å². The van der Waals surface area contributed by atoms with Crippen LogP contribution >= 0.6 is 0 Å². The highest BCUT2D eigenvalue weighted by molar-refractivity contribution is 5.49. The summed E-state index contributed by atoms with van der Waals surface area (Å²) in [4.78, 5) is 6.80. The Kier molecular flexibility index (Phi) is 6.83. The van der Waals surface area contributed by atoms with E-state index in [9.17, 15) is 13.2 Å². The van der Waals surface area contributed by atoms with Gasteiger partial charge in [-0.15, -0.1) is 13.2 Å². The summed E-state index contributed by atoms with van der Waals surface area (Å²) < 4.78 is 43.0. The summed E-state index contributed by atoms with van der Waals surface area (Å²) in [7, 11) is 1.98. The number of nitrogens with one attached hydrogen (secondary N) is 1. The Morgan fingerprint density at radius 3 is 2.68 bits per heavy atom. The highest BCUT2D eigenvalue weighted by Gasteiger charge is 2.31. The van der Waals surface area contributed by atoms with Gasteiger partial charge in [-0.1, -0.05) is 6.07 Å². The molecule has 8 heteroatoms. The van der Waals surface area contributed by atoms with E-state index in [0.717, 1.165) is 57.4 Å². The van der Waals surface area contributed by atoms with E-state index in [2.05, 4.69) is 26.1 Å². The number of likely N-dealkylation sites (tertiary alicyclic amines) is 1. The topological polar surface area (TPSA) is 42.3 Å². The number of nitrogens with zero attached hydrogens (tertiary/aromatic N) is 3. The van der Waals surface area contributed by atoms with E-state index < -0.39 is 6.36 Å². The van der Waals surface area contributed by atoms with Crippen LogP contribution < -0.4 is 10.1 Å². The van der Waals surface area contributed by atoms with Gasteiger partial charge in [0.05, 0.1) is 12.0 Å². The predicted octanol–water partition coefficient (Wildman–Crippen LogP) is 4.22. The monoisotopic (exact) mass is 396 g/mol. The summed E-state index contributed by atoms with van der Waals surface area (Å²) in [6, 6.07) is 6.32. The molecular formula is C20H27F3N4O. The lowest BCUT2D eigenvalue weighted by atomic mass is 10.0. The fourth-order valence-electron chi connectivity index (χ4n) is 3.56. The molecule has 0 aliphatic carbocycles. The van der Waals surface area contributed by atoms with E-state index in [1.807, 2.05) is 17.9 Å². The molecule has 2 heterocycles. The van der Waals surface area contributed by atoms with Crippen LogP contribution in [0.1, 0.15) is 31.4 Å². The van der Waals surface area contributed by atoms with E-state index >= 15 is 0 Å². The molecule has 28 heavy (non-hydrogen) atoms. The van der Waals surface area contributed by atoms with Crippen molar-refractivity contribution < 1.29 is 17.9 Å². The lowest BCUT2D eigenvalue weighted by Crippen LogP contribution is -2.39. The summed E-state index contributed by atoms with van der Waals surface area (Å²) in [5.41, 5.74) is 1.80. The Balaban J connectivity index is 1.35. The standard InChI is InChI=1S/C20H27F3N4O/c1-26-14-18(24-15-26)5-2-3-10-27-11-8-16(9-12-27)25-17-6-4-7-19(13-17)28-20(21,22)23/h4,6-7,13-16,25H,2-3,5,8-12H2,1H3. The highest BCUT2D eigenvalue weighted by atomic mass is 19.4. The molecule has 154 valence electrons. The second-order valence-corrected chi connectivity index (χ2v) is 7.32. The van der Waals surface area contributed by atoms with Crippen LogP contribution in [0.5, 0.6) is 5.75 Å². The zero-order valence-electron chi connectivity index (χ0n) is 16.1. The van der Waals surface area contributed by atoms with Gasteiger partial charge in [-0.25, -0.2) is 4.98 Å². The fourth-order valence-corrected chi connectivity index (χ4v) is 3.56. The van der Waals surface area contributed by atoms with Crippen molar-refractivity contribution >= 4 is 5.69 Å². The Bertz CT molecular complexity index is 739. The van der Waals surface area contributed by atoms with Gasteiger partial charge in [0.15, 0.2) is 0 Å². The van der Waals surface area contributed by atoms with Gasteiger partial charge in [0, 0.05) is 44.1 Å². The van der Waals surface area contributed by atoms with Crippen molar-refractivity contribution in [2.45, 2.75) is 44.5 Å². The average Bonchev–Trinajstić information content (AvgIpc) is 3.04. The predicted molar refractivity (Wildman–Crippen MR) is 102 cm³/mol. The molecule has 5 nitrogen and oxygen atoms in total. The van der Waals surface area contributed by atoms with Gasteiger partial charge in [0.25, 0.3) is 0 Å². The molecule has 3 rings (SSSR count). The minimum absolute atomic E-state index is 0.192. The molecule has 1 fully saturated rings. The summed E-state index contributed by atoms with van der Waals surface area (Å²) in [6.45, 7) is 3.08. The van der Waals surface area contributed by atoms with Gasteiger partial charge in [-0.05, 0) is 50.8 Å². The number of aromatic nitrogens is 2. The van der Waals surface area contributed by atoms with E-state index in [1.165, 1.54) is 12.1 Å². The summed E-state index contributed by atoms with van der Waals surface area (Å²) in [5.74, 6) is -0.192. The Morgan fingerprint density at radius 2 is 2.00 bits per heavy atom. The van der Waals surface area contributed by atoms with Gasteiger partial charge in [0.1, 0.15) is 5.75 Å². The molecule has 0 unspecified atom stereocenters. The summed E-state index contributed by atoms with van der Waals surface area (Å²) in [5, 5.41) is 3.33. The van der Waals surface area contributed by atoms with Crippen molar-refractivity contribution in [2.24, 2.45) is 7.05 Å². The molecule has 1 aliphatic rings. The van der Waals surface area contributed by atoms with E-state index in [4.69, 9.17) is 0 Å². The maximum atomic E-state index is 12.3. The van der Waals surface area contributed by atoms with Gasteiger partial charge in [-0.3, -0.25) is 0 Å². The molecule has 0 radical (unpaired) electrons. The van der Waals surface area contributed by atoms with Crippen molar-refractivity contribution in [3.05, 3.63) is 42.5 Å². The highest BCUT2D eigenvalue weighted by Crippen LogP contribution is 2.26. The van der Waals surface area contributed by atoms with Crippen LogP contribution in [0.2, 0.25) is 0 Å². The smallest absolute Gasteiger partial charge is 0.406 e. The number of piperidine rings is 1. The molecule has 1 aromatic heterocycles. The number of hydrogen-bond acceptors (Lipinski definition) is 4. The Labute approximate surface area is 163 Å². The zero-order valence-corrected chi connectivity index (χ0v) is 16.1. The maximum Gasteiger partial charge on any atom is 0.573 e. The number of aryl methyl sites for hydroxylation is 2.